The predicted molar refractivity (Wildman–Crippen MR) is 105 cm³/mol. The first-order chi connectivity index (χ1) is 12.8. The fourth-order valence-electron chi connectivity index (χ4n) is 4.08. The SMILES string of the molecule is Cc1ccsc1C(=O)N1CCCN(S(C)(=O)=O)[C@H]2CCC[C@H]2C(=O)NCC1. The fourth-order valence-corrected chi connectivity index (χ4v) is 6.18. The maximum absolute atomic E-state index is 12.9. The third-order valence-electron chi connectivity index (χ3n) is 5.44. The molecule has 150 valence electrons. The molecule has 1 aromatic rings. The number of aryl methyl sites for hydroxylation is 1. The number of sulfonamides is 1. The van der Waals surface area contributed by atoms with Gasteiger partial charge in [-0.25, -0.2) is 8.42 Å². The minimum absolute atomic E-state index is 0.0536. The minimum atomic E-state index is -3.42. The van der Waals surface area contributed by atoms with Crippen LogP contribution in [0.2, 0.25) is 0 Å². The molecule has 9 heteroatoms. The van der Waals surface area contributed by atoms with E-state index in [-0.39, 0.29) is 23.8 Å². The molecule has 0 aromatic carbocycles. The monoisotopic (exact) mass is 413 g/mol. The van der Waals surface area contributed by atoms with Gasteiger partial charge in [0.05, 0.1) is 17.1 Å². The molecule has 2 atom stereocenters. The van der Waals surface area contributed by atoms with E-state index in [1.807, 2.05) is 18.4 Å². The Labute approximate surface area is 164 Å². The number of carbonyl (C=O) groups is 2. The van der Waals surface area contributed by atoms with E-state index in [0.717, 1.165) is 12.0 Å². The standard InChI is InChI=1S/C18H27N3O4S2/c1-13-7-12-26-16(13)18(23)20-9-4-10-21(27(2,24)25)15-6-3-5-14(15)17(22)19-8-11-20/h7,12,14-15H,3-6,8-11H2,1-2H3,(H,19,22)/t14-,15+/m1/s1. The molecule has 1 aliphatic heterocycles. The van der Waals surface area contributed by atoms with Crippen LogP contribution in [0.5, 0.6) is 0 Å². The van der Waals surface area contributed by atoms with E-state index in [1.54, 1.807) is 4.90 Å². The summed E-state index contributed by atoms with van der Waals surface area (Å²) < 4.78 is 26.2. The Bertz CT molecular complexity index is 805. The number of hydrogen-bond acceptors (Lipinski definition) is 5. The largest absolute Gasteiger partial charge is 0.354 e. The molecule has 3 rings (SSSR count). The Balaban J connectivity index is 1.81. The molecule has 1 aliphatic carbocycles. The van der Waals surface area contributed by atoms with Crippen molar-refractivity contribution in [1.29, 1.82) is 0 Å². The van der Waals surface area contributed by atoms with Crippen LogP contribution in [0.1, 0.15) is 40.9 Å². The molecule has 2 aliphatic rings. The normalized spacial score (nSPS) is 25.6. The number of hydrogen-bond donors (Lipinski definition) is 1. The second kappa shape index (κ2) is 8.28. The van der Waals surface area contributed by atoms with Crippen LogP contribution >= 0.6 is 11.3 Å². The molecule has 0 unspecified atom stereocenters. The van der Waals surface area contributed by atoms with Crippen LogP contribution in [-0.2, 0) is 14.8 Å². The Kier molecular flexibility index (Phi) is 6.22. The molecule has 2 amide bonds. The van der Waals surface area contributed by atoms with E-state index < -0.39 is 10.0 Å². The molecule has 1 N–H and O–H groups in total. The topological polar surface area (TPSA) is 86.8 Å². The van der Waals surface area contributed by atoms with Crippen molar-refractivity contribution in [2.75, 3.05) is 32.4 Å². The van der Waals surface area contributed by atoms with E-state index in [9.17, 15) is 18.0 Å². The molecule has 0 radical (unpaired) electrons. The zero-order valence-electron chi connectivity index (χ0n) is 15.8. The van der Waals surface area contributed by atoms with Gasteiger partial charge in [-0.1, -0.05) is 6.42 Å². The van der Waals surface area contributed by atoms with E-state index in [0.29, 0.717) is 50.3 Å². The van der Waals surface area contributed by atoms with Gasteiger partial charge in [-0.05, 0) is 43.2 Å². The van der Waals surface area contributed by atoms with Crippen LogP contribution in [0.4, 0.5) is 0 Å². The van der Waals surface area contributed by atoms with E-state index in [1.165, 1.54) is 21.9 Å². The first kappa shape index (κ1) is 20.3. The van der Waals surface area contributed by atoms with Crippen molar-refractivity contribution in [2.45, 2.75) is 38.6 Å². The Morgan fingerprint density at radius 2 is 2.00 bits per heavy atom. The van der Waals surface area contributed by atoms with Crippen molar-refractivity contribution in [2.24, 2.45) is 5.92 Å². The number of nitrogens with zero attached hydrogens (tertiary/aromatic N) is 2. The van der Waals surface area contributed by atoms with Crippen LogP contribution in [0.3, 0.4) is 0 Å². The highest BCUT2D eigenvalue weighted by atomic mass is 32.2. The van der Waals surface area contributed by atoms with Gasteiger partial charge >= 0.3 is 0 Å². The van der Waals surface area contributed by atoms with E-state index >= 15 is 0 Å². The molecule has 0 bridgehead atoms. The van der Waals surface area contributed by atoms with Crippen LogP contribution in [0, 0.1) is 12.8 Å². The lowest BCUT2D eigenvalue weighted by Crippen LogP contribution is -2.47. The van der Waals surface area contributed by atoms with Gasteiger partial charge in [0.1, 0.15) is 0 Å². The van der Waals surface area contributed by atoms with Gasteiger partial charge in [0.15, 0.2) is 0 Å². The molecule has 1 aromatic heterocycles. The van der Waals surface area contributed by atoms with Crippen molar-refractivity contribution in [3.63, 3.8) is 0 Å². The maximum Gasteiger partial charge on any atom is 0.264 e. The summed E-state index contributed by atoms with van der Waals surface area (Å²) in [6.07, 6.45) is 4.04. The summed E-state index contributed by atoms with van der Waals surface area (Å²) in [5.74, 6) is -0.462. The summed E-state index contributed by atoms with van der Waals surface area (Å²) >= 11 is 1.41. The first-order valence-electron chi connectivity index (χ1n) is 9.37. The number of fused-ring (bicyclic) bond motifs is 1. The quantitative estimate of drug-likeness (QED) is 0.795. The molecule has 2 fully saturated rings. The molecular formula is C18H27N3O4S2. The summed E-state index contributed by atoms with van der Waals surface area (Å²) in [6, 6.07) is 1.64. The summed E-state index contributed by atoms with van der Waals surface area (Å²) in [5.41, 5.74) is 0.940. The Morgan fingerprint density at radius 3 is 2.67 bits per heavy atom. The highest BCUT2D eigenvalue weighted by Crippen LogP contribution is 2.32. The number of amides is 2. The first-order valence-corrected chi connectivity index (χ1v) is 12.1. The second-order valence-corrected chi connectivity index (χ2v) is 10.2. The summed E-state index contributed by atoms with van der Waals surface area (Å²) in [7, 11) is -3.42. The van der Waals surface area contributed by atoms with Crippen LogP contribution in [-0.4, -0.2) is 67.9 Å². The number of carbonyl (C=O) groups excluding carboxylic acids is 2. The molecule has 2 heterocycles. The van der Waals surface area contributed by atoms with E-state index in [2.05, 4.69) is 5.32 Å². The van der Waals surface area contributed by atoms with Crippen molar-refractivity contribution in [3.05, 3.63) is 21.9 Å². The highest BCUT2D eigenvalue weighted by molar-refractivity contribution is 7.88. The predicted octanol–water partition coefficient (Wildman–Crippen LogP) is 1.45. The Morgan fingerprint density at radius 1 is 1.22 bits per heavy atom. The molecular weight excluding hydrogens is 386 g/mol. The minimum Gasteiger partial charge on any atom is -0.354 e. The van der Waals surface area contributed by atoms with Gasteiger partial charge in [0.2, 0.25) is 15.9 Å². The third kappa shape index (κ3) is 4.52. The third-order valence-corrected chi connectivity index (χ3v) is 7.75. The summed E-state index contributed by atoms with van der Waals surface area (Å²) in [6.45, 7) is 3.52. The lowest BCUT2D eigenvalue weighted by molar-refractivity contribution is -0.125. The highest BCUT2D eigenvalue weighted by Gasteiger charge is 2.40. The molecule has 0 spiro atoms. The number of nitrogens with one attached hydrogen (secondary N) is 1. The lowest BCUT2D eigenvalue weighted by atomic mass is 10.0. The second-order valence-electron chi connectivity index (χ2n) is 7.35. The molecule has 1 saturated heterocycles. The van der Waals surface area contributed by atoms with Gasteiger partial charge in [-0.15, -0.1) is 11.3 Å². The summed E-state index contributed by atoms with van der Waals surface area (Å²) in [4.78, 5) is 27.9. The molecule has 1 saturated carbocycles. The average molecular weight is 414 g/mol. The van der Waals surface area contributed by atoms with Gasteiger partial charge in [0.25, 0.3) is 5.91 Å². The van der Waals surface area contributed by atoms with Crippen molar-refractivity contribution in [1.82, 2.24) is 14.5 Å². The lowest BCUT2D eigenvalue weighted by Gasteiger charge is -2.30. The molecule has 7 nitrogen and oxygen atoms in total. The molecule has 27 heavy (non-hydrogen) atoms. The fraction of sp³-hybridized carbons (Fsp3) is 0.667. The number of rotatable bonds is 2. The number of thiophene rings is 1. The van der Waals surface area contributed by atoms with Crippen LogP contribution in [0.15, 0.2) is 11.4 Å². The Hall–Kier alpha value is -1.45. The van der Waals surface area contributed by atoms with Gasteiger partial charge in [-0.3, -0.25) is 9.59 Å². The average Bonchev–Trinajstić information content (AvgIpc) is 3.23. The van der Waals surface area contributed by atoms with E-state index in [4.69, 9.17) is 0 Å². The van der Waals surface area contributed by atoms with Crippen molar-refractivity contribution >= 4 is 33.2 Å². The zero-order chi connectivity index (χ0) is 19.6. The van der Waals surface area contributed by atoms with Crippen molar-refractivity contribution in [3.8, 4) is 0 Å². The maximum atomic E-state index is 12.9. The van der Waals surface area contributed by atoms with Crippen LogP contribution in [0.25, 0.3) is 0 Å². The van der Waals surface area contributed by atoms with Crippen LogP contribution < -0.4 is 5.32 Å². The smallest absolute Gasteiger partial charge is 0.264 e. The van der Waals surface area contributed by atoms with Gasteiger partial charge in [0, 0.05) is 32.2 Å². The van der Waals surface area contributed by atoms with Gasteiger partial charge in [-0.2, -0.15) is 4.31 Å². The van der Waals surface area contributed by atoms with Gasteiger partial charge < -0.3 is 10.2 Å². The summed E-state index contributed by atoms with van der Waals surface area (Å²) in [5, 5.41) is 4.81. The van der Waals surface area contributed by atoms with Crippen molar-refractivity contribution < 1.29 is 18.0 Å². The zero-order valence-corrected chi connectivity index (χ0v) is 17.4.